The molecule has 1 aliphatic carbocycles. The molecule has 0 unspecified atom stereocenters. The van der Waals surface area contributed by atoms with Crippen LogP contribution in [0.3, 0.4) is 0 Å². The molecule has 1 fully saturated rings. The first-order valence-electron chi connectivity index (χ1n) is 11.3. The van der Waals surface area contributed by atoms with Crippen molar-refractivity contribution < 1.29 is 14.6 Å². The van der Waals surface area contributed by atoms with Gasteiger partial charge in [-0.05, 0) is 73.9 Å². The van der Waals surface area contributed by atoms with Crippen molar-refractivity contribution in [3.8, 4) is 5.75 Å². The van der Waals surface area contributed by atoms with Crippen molar-refractivity contribution in [2.24, 2.45) is 0 Å². The lowest BCUT2D eigenvalue weighted by molar-refractivity contribution is -0.121. The van der Waals surface area contributed by atoms with Crippen molar-refractivity contribution >= 4 is 17.7 Å². The van der Waals surface area contributed by atoms with Gasteiger partial charge in [0.15, 0.2) is 0 Å². The van der Waals surface area contributed by atoms with Crippen LogP contribution in [0.15, 0.2) is 36.4 Å². The normalized spacial score (nSPS) is 22.1. The molecule has 0 radical (unpaired) electrons. The topological polar surface area (TPSA) is 61.8 Å². The summed E-state index contributed by atoms with van der Waals surface area (Å²) in [6.07, 6.45) is 3.87. The maximum absolute atomic E-state index is 12.5. The van der Waals surface area contributed by atoms with Crippen LogP contribution in [-0.2, 0) is 21.5 Å². The molecule has 1 heterocycles. The summed E-state index contributed by atoms with van der Waals surface area (Å²) in [7, 11) is 1.78. The van der Waals surface area contributed by atoms with Gasteiger partial charge in [0.25, 0.3) is 0 Å². The Morgan fingerprint density at radius 3 is 2.50 bits per heavy atom. The second-order valence-electron chi connectivity index (χ2n) is 9.23. The largest absolute Gasteiger partial charge is 0.507 e. The Labute approximate surface area is 195 Å². The molecule has 172 valence electrons. The van der Waals surface area contributed by atoms with E-state index in [4.69, 9.17) is 4.74 Å². The van der Waals surface area contributed by atoms with Gasteiger partial charge in [-0.1, -0.05) is 36.4 Å². The highest BCUT2D eigenvalue weighted by Crippen LogP contribution is 2.52. The molecule has 2 aromatic rings. The molecule has 2 N–H and O–H groups in total. The second kappa shape index (κ2) is 9.46. The Morgan fingerprint density at radius 2 is 1.88 bits per heavy atom. The van der Waals surface area contributed by atoms with Crippen molar-refractivity contribution in [1.29, 1.82) is 0 Å². The fourth-order valence-corrected chi connectivity index (χ4v) is 6.12. The summed E-state index contributed by atoms with van der Waals surface area (Å²) in [5, 5.41) is 13.3. The molecule has 1 spiro atoms. The number of methoxy groups -OCH3 is 1. The summed E-state index contributed by atoms with van der Waals surface area (Å²) in [6, 6.07) is 12.6. The van der Waals surface area contributed by atoms with Crippen molar-refractivity contribution in [1.82, 2.24) is 10.2 Å². The van der Waals surface area contributed by atoms with Crippen LogP contribution in [-0.4, -0.2) is 54.2 Å². The number of fused-ring (bicyclic) bond motifs is 2. The first-order valence-corrected chi connectivity index (χ1v) is 12.7. The number of likely N-dealkylation sites (tertiary alicyclic amines) is 1. The highest BCUT2D eigenvalue weighted by Gasteiger charge is 2.53. The Hall–Kier alpha value is -2.02. The van der Waals surface area contributed by atoms with E-state index in [1.54, 1.807) is 7.11 Å². The van der Waals surface area contributed by atoms with E-state index in [1.165, 1.54) is 28.5 Å². The number of aryl methyl sites for hydroxylation is 2. The fourth-order valence-electron chi connectivity index (χ4n) is 5.78. The molecule has 2 aliphatic rings. The van der Waals surface area contributed by atoms with Gasteiger partial charge >= 0.3 is 0 Å². The minimum absolute atomic E-state index is 0.0620. The number of hydrogen-bond donors (Lipinski definition) is 2. The monoisotopic (exact) mass is 454 g/mol. The summed E-state index contributed by atoms with van der Waals surface area (Å²) in [5.41, 5.74) is 5.55. The third kappa shape index (κ3) is 4.16. The van der Waals surface area contributed by atoms with Gasteiger partial charge in [0.1, 0.15) is 5.75 Å². The predicted octanol–water partition coefficient (Wildman–Crippen LogP) is 4.09. The standard InChI is InChI=1S/C26H34N2O3S/c1-17-13-19(14-18(2)24(17)30)15-28-11-9-26(10-12-28)21-8-6-5-7-20(21)23(25(26)31-3)27-22(29)16-32-4/h5-8,13-14,23,25,30H,9-12,15-16H2,1-4H3,(H,27,29)/t23-,25+/m1/s1. The van der Waals surface area contributed by atoms with Crippen LogP contribution in [0.2, 0.25) is 0 Å². The van der Waals surface area contributed by atoms with Gasteiger partial charge in [0, 0.05) is 19.1 Å². The number of thioether (sulfide) groups is 1. The minimum Gasteiger partial charge on any atom is -0.507 e. The van der Waals surface area contributed by atoms with Gasteiger partial charge in [-0.3, -0.25) is 9.69 Å². The summed E-state index contributed by atoms with van der Waals surface area (Å²) in [6.45, 7) is 6.74. The molecule has 4 rings (SSSR count). The quantitative estimate of drug-likeness (QED) is 0.688. The molecular formula is C26H34N2O3S. The number of ether oxygens (including phenoxy) is 1. The van der Waals surface area contributed by atoms with E-state index in [9.17, 15) is 9.90 Å². The van der Waals surface area contributed by atoms with E-state index in [0.717, 1.165) is 43.6 Å². The van der Waals surface area contributed by atoms with Gasteiger partial charge in [0.2, 0.25) is 5.91 Å². The molecule has 1 saturated heterocycles. The van der Waals surface area contributed by atoms with Gasteiger partial charge in [-0.15, -0.1) is 0 Å². The number of phenols is 1. The van der Waals surface area contributed by atoms with E-state index in [-0.39, 0.29) is 23.5 Å². The smallest absolute Gasteiger partial charge is 0.230 e. The maximum Gasteiger partial charge on any atom is 0.230 e. The number of nitrogens with one attached hydrogen (secondary N) is 1. The zero-order chi connectivity index (χ0) is 22.9. The average molecular weight is 455 g/mol. The molecule has 2 aromatic carbocycles. The summed E-state index contributed by atoms with van der Waals surface area (Å²) in [4.78, 5) is 15.0. The lowest BCUT2D eigenvalue weighted by Gasteiger charge is -2.44. The number of carbonyl (C=O) groups excluding carboxylic acids is 1. The number of hydrogen-bond acceptors (Lipinski definition) is 5. The predicted molar refractivity (Wildman–Crippen MR) is 130 cm³/mol. The number of amides is 1. The lowest BCUT2D eigenvalue weighted by Crippen LogP contribution is -2.50. The van der Waals surface area contributed by atoms with Crippen LogP contribution in [0.4, 0.5) is 0 Å². The van der Waals surface area contributed by atoms with E-state index in [1.807, 2.05) is 20.1 Å². The summed E-state index contributed by atoms with van der Waals surface area (Å²) in [5.74, 6) is 0.916. The Kier molecular flexibility index (Phi) is 6.84. The third-order valence-electron chi connectivity index (χ3n) is 7.23. The number of aromatic hydroxyl groups is 1. The van der Waals surface area contributed by atoms with Crippen LogP contribution in [0, 0.1) is 13.8 Å². The molecule has 32 heavy (non-hydrogen) atoms. The first kappa shape index (κ1) is 23.1. The molecule has 1 amide bonds. The Balaban J connectivity index is 1.54. The molecular weight excluding hydrogens is 420 g/mol. The van der Waals surface area contributed by atoms with Crippen LogP contribution < -0.4 is 5.32 Å². The van der Waals surface area contributed by atoms with Crippen LogP contribution in [0.1, 0.15) is 46.7 Å². The Morgan fingerprint density at radius 1 is 1.22 bits per heavy atom. The molecule has 1 aliphatic heterocycles. The van der Waals surface area contributed by atoms with Gasteiger partial charge in [-0.25, -0.2) is 0 Å². The molecule has 5 nitrogen and oxygen atoms in total. The maximum atomic E-state index is 12.5. The van der Waals surface area contributed by atoms with E-state index < -0.39 is 0 Å². The molecule has 0 saturated carbocycles. The van der Waals surface area contributed by atoms with Crippen molar-refractivity contribution in [3.63, 3.8) is 0 Å². The Bertz CT molecular complexity index is 962. The summed E-state index contributed by atoms with van der Waals surface area (Å²) >= 11 is 1.54. The number of nitrogens with zero attached hydrogens (tertiary/aromatic N) is 1. The van der Waals surface area contributed by atoms with E-state index >= 15 is 0 Å². The van der Waals surface area contributed by atoms with Gasteiger partial charge in [-0.2, -0.15) is 11.8 Å². The minimum atomic E-state index is -0.107. The molecule has 6 heteroatoms. The lowest BCUT2D eigenvalue weighted by atomic mass is 9.71. The van der Waals surface area contributed by atoms with E-state index in [2.05, 4.69) is 46.6 Å². The first-order chi connectivity index (χ1) is 15.4. The van der Waals surface area contributed by atoms with Crippen molar-refractivity contribution in [2.45, 2.75) is 50.8 Å². The van der Waals surface area contributed by atoms with Crippen LogP contribution in [0.25, 0.3) is 0 Å². The number of piperidine rings is 1. The summed E-state index contributed by atoms with van der Waals surface area (Å²) < 4.78 is 6.11. The van der Waals surface area contributed by atoms with Crippen molar-refractivity contribution in [3.05, 3.63) is 64.2 Å². The number of rotatable bonds is 6. The fraction of sp³-hybridized carbons (Fsp3) is 0.500. The number of phenolic OH excluding ortho intramolecular Hbond substituents is 1. The zero-order valence-electron chi connectivity index (χ0n) is 19.5. The third-order valence-corrected chi connectivity index (χ3v) is 7.78. The molecule has 2 atom stereocenters. The SMILES string of the molecule is CO[C@H]1[C@H](NC(=O)CSC)c2ccccc2C12CCN(Cc1cc(C)c(O)c(C)c1)CC2. The second-order valence-corrected chi connectivity index (χ2v) is 10.1. The van der Waals surface area contributed by atoms with Gasteiger partial charge in [0.05, 0.1) is 17.9 Å². The van der Waals surface area contributed by atoms with Crippen LogP contribution in [0.5, 0.6) is 5.75 Å². The van der Waals surface area contributed by atoms with Gasteiger partial charge < -0.3 is 15.2 Å². The molecule has 0 aromatic heterocycles. The van der Waals surface area contributed by atoms with Crippen molar-refractivity contribution in [2.75, 3.05) is 32.2 Å². The van der Waals surface area contributed by atoms with E-state index in [0.29, 0.717) is 11.5 Å². The highest BCUT2D eigenvalue weighted by molar-refractivity contribution is 7.99. The number of carbonyl (C=O) groups is 1. The highest BCUT2D eigenvalue weighted by atomic mass is 32.2. The number of benzene rings is 2. The average Bonchev–Trinajstić information content (AvgIpc) is 3.02. The zero-order valence-corrected chi connectivity index (χ0v) is 20.3. The molecule has 0 bridgehead atoms. The van der Waals surface area contributed by atoms with Crippen LogP contribution >= 0.6 is 11.8 Å².